The quantitative estimate of drug-likeness (QED) is 0.656. The normalized spacial score (nSPS) is 11.2. The van der Waals surface area contributed by atoms with Crippen LogP contribution in [0.5, 0.6) is 5.75 Å². The van der Waals surface area contributed by atoms with Crippen molar-refractivity contribution >= 4 is 15.9 Å². The zero-order valence-electron chi connectivity index (χ0n) is 15.0. The highest BCUT2D eigenvalue weighted by Gasteiger charge is 2.13. The van der Waals surface area contributed by atoms with Crippen LogP contribution in [0.1, 0.15) is 17.5 Å². The van der Waals surface area contributed by atoms with Crippen LogP contribution in [0.4, 0.5) is 0 Å². The molecule has 26 heavy (non-hydrogen) atoms. The Labute approximate surface area is 154 Å². The highest BCUT2D eigenvalue weighted by atomic mass is 32.2. The topological polar surface area (TPSA) is 84.5 Å². The molecule has 0 aliphatic rings. The van der Waals surface area contributed by atoms with Crippen molar-refractivity contribution in [3.8, 4) is 5.75 Å². The van der Waals surface area contributed by atoms with Crippen molar-refractivity contribution in [3.63, 3.8) is 0 Å². The monoisotopic (exact) mass is 376 g/mol. The van der Waals surface area contributed by atoms with Crippen LogP contribution in [0.2, 0.25) is 0 Å². The summed E-state index contributed by atoms with van der Waals surface area (Å²) < 4.78 is 31.8. The van der Waals surface area contributed by atoms with Gasteiger partial charge >= 0.3 is 0 Å². The van der Waals surface area contributed by atoms with E-state index in [1.54, 1.807) is 12.1 Å². The number of hydrogen-bond acceptors (Lipinski definition) is 4. The number of amides is 1. The summed E-state index contributed by atoms with van der Waals surface area (Å²) >= 11 is 0. The Hall–Kier alpha value is -2.38. The number of hydrogen-bond donors (Lipinski definition) is 2. The fraction of sp³-hybridized carbons (Fsp3) is 0.316. The third-order valence-electron chi connectivity index (χ3n) is 3.87. The molecule has 2 N–H and O–H groups in total. The van der Waals surface area contributed by atoms with Crippen molar-refractivity contribution in [3.05, 3.63) is 59.7 Å². The van der Waals surface area contributed by atoms with E-state index in [1.165, 1.54) is 24.8 Å². The van der Waals surface area contributed by atoms with Gasteiger partial charge in [-0.3, -0.25) is 4.79 Å². The third kappa shape index (κ3) is 6.16. The van der Waals surface area contributed by atoms with Crippen LogP contribution in [0.15, 0.2) is 53.4 Å². The van der Waals surface area contributed by atoms with Crippen LogP contribution in [0, 0.1) is 6.92 Å². The molecule has 140 valence electrons. The van der Waals surface area contributed by atoms with Gasteiger partial charge in [0.05, 0.1) is 12.0 Å². The Kier molecular flexibility index (Phi) is 7.17. The van der Waals surface area contributed by atoms with Crippen molar-refractivity contribution in [2.75, 3.05) is 20.2 Å². The maximum atomic E-state index is 12.2. The Bertz CT molecular complexity index is 816. The molecule has 2 aromatic rings. The summed E-state index contributed by atoms with van der Waals surface area (Å²) in [6.07, 6.45) is 1.03. The molecule has 0 unspecified atom stereocenters. The minimum absolute atomic E-state index is 0.103. The molecule has 0 fully saturated rings. The predicted octanol–water partition coefficient (Wildman–Crippen LogP) is 2.03. The van der Waals surface area contributed by atoms with E-state index in [2.05, 4.69) is 10.0 Å². The number of nitrogens with one attached hydrogen (secondary N) is 2. The number of carbonyl (C=O) groups excluding carboxylic acids is 1. The van der Waals surface area contributed by atoms with Gasteiger partial charge in [-0.15, -0.1) is 0 Å². The molecule has 0 saturated heterocycles. The van der Waals surface area contributed by atoms with Gasteiger partial charge in [-0.05, 0) is 43.2 Å². The van der Waals surface area contributed by atoms with Gasteiger partial charge in [0.1, 0.15) is 5.75 Å². The Morgan fingerprint density at radius 3 is 2.27 bits per heavy atom. The molecular formula is C19H24N2O4S. The molecule has 0 radical (unpaired) electrons. The standard InChI is InChI=1S/C19H24N2O4S/c1-15-3-5-16(6-4-15)7-12-19(22)20-13-14-21-26(23,24)18-10-8-17(25-2)9-11-18/h3-6,8-11,21H,7,12-14H2,1-2H3,(H,20,22). The number of aryl methyl sites for hydroxylation is 2. The van der Waals surface area contributed by atoms with Crippen molar-refractivity contribution in [1.82, 2.24) is 10.0 Å². The Morgan fingerprint density at radius 1 is 1.00 bits per heavy atom. The van der Waals surface area contributed by atoms with Gasteiger partial charge in [-0.1, -0.05) is 29.8 Å². The van der Waals surface area contributed by atoms with E-state index in [9.17, 15) is 13.2 Å². The van der Waals surface area contributed by atoms with E-state index >= 15 is 0 Å². The van der Waals surface area contributed by atoms with E-state index in [4.69, 9.17) is 4.74 Å². The molecular weight excluding hydrogens is 352 g/mol. The lowest BCUT2D eigenvalue weighted by molar-refractivity contribution is -0.121. The average Bonchev–Trinajstić information content (AvgIpc) is 2.65. The van der Waals surface area contributed by atoms with Gasteiger partial charge in [-0.2, -0.15) is 0 Å². The second-order valence-electron chi connectivity index (χ2n) is 5.91. The zero-order valence-corrected chi connectivity index (χ0v) is 15.8. The van der Waals surface area contributed by atoms with E-state index in [0.29, 0.717) is 18.6 Å². The molecule has 0 aliphatic heterocycles. The molecule has 6 nitrogen and oxygen atoms in total. The van der Waals surface area contributed by atoms with Crippen LogP contribution in [-0.4, -0.2) is 34.5 Å². The first kappa shape index (κ1) is 19.9. The minimum atomic E-state index is -3.60. The lowest BCUT2D eigenvalue weighted by Gasteiger charge is -2.09. The smallest absolute Gasteiger partial charge is 0.240 e. The van der Waals surface area contributed by atoms with E-state index < -0.39 is 10.0 Å². The van der Waals surface area contributed by atoms with E-state index in [0.717, 1.165) is 5.56 Å². The van der Waals surface area contributed by atoms with E-state index in [-0.39, 0.29) is 23.9 Å². The van der Waals surface area contributed by atoms with Crippen LogP contribution in [-0.2, 0) is 21.2 Å². The molecule has 0 atom stereocenters. The number of benzene rings is 2. The summed E-state index contributed by atoms with van der Waals surface area (Å²) in [5.41, 5.74) is 2.29. The SMILES string of the molecule is COc1ccc(S(=O)(=O)NCCNC(=O)CCc2ccc(C)cc2)cc1. The molecule has 7 heteroatoms. The maximum absolute atomic E-state index is 12.2. The third-order valence-corrected chi connectivity index (χ3v) is 5.35. The molecule has 0 aliphatic carbocycles. The Balaban J connectivity index is 1.71. The number of sulfonamides is 1. The van der Waals surface area contributed by atoms with Crippen LogP contribution >= 0.6 is 0 Å². The van der Waals surface area contributed by atoms with E-state index in [1.807, 2.05) is 31.2 Å². The van der Waals surface area contributed by atoms with Crippen LogP contribution in [0.3, 0.4) is 0 Å². The first-order valence-corrected chi connectivity index (χ1v) is 9.85. The maximum Gasteiger partial charge on any atom is 0.240 e. The number of rotatable bonds is 9. The van der Waals surface area contributed by atoms with Gasteiger partial charge < -0.3 is 10.1 Å². The summed E-state index contributed by atoms with van der Waals surface area (Å²) in [6, 6.07) is 14.2. The van der Waals surface area contributed by atoms with Crippen LogP contribution in [0.25, 0.3) is 0 Å². The van der Waals surface area contributed by atoms with Crippen molar-refractivity contribution in [2.24, 2.45) is 0 Å². The molecule has 1 amide bonds. The van der Waals surface area contributed by atoms with Gasteiger partial charge in [0.25, 0.3) is 0 Å². The fourth-order valence-corrected chi connectivity index (χ4v) is 3.36. The molecule has 2 rings (SSSR count). The van der Waals surface area contributed by atoms with Crippen LogP contribution < -0.4 is 14.8 Å². The second-order valence-corrected chi connectivity index (χ2v) is 7.68. The molecule has 0 spiro atoms. The first-order chi connectivity index (χ1) is 12.4. The lowest BCUT2D eigenvalue weighted by Crippen LogP contribution is -2.34. The van der Waals surface area contributed by atoms with Crippen molar-refractivity contribution < 1.29 is 17.9 Å². The van der Waals surface area contributed by atoms with Gasteiger partial charge in [0, 0.05) is 19.5 Å². The van der Waals surface area contributed by atoms with Gasteiger partial charge in [0.2, 0.25) is 15.9 Å². The summed E-state index contributed by atoms with van der Waals surface area (Å²) in [7, 11) is -2.08. The number of carbonyl (C=O) groups is 1. The molecule has 0 saturated carbocycles. The number of ether oxygens (including phenoxy) is 1. The van der Waals surface area contributed by atoms with Crippen molar-refractivity contribution in [1.29, 1.82) is 0 Å². The van der Waals surface area contributed by atoms with Gasteiger partial charge in [0.15, 0.2) is 0 Å². The largest absolute Gasteiger partial charge is 0.497 e. The highest BCUT2D eigenvalue weighted by molar-refractivity contribution is 7.89. The summed E-state index contributed by atoms with van der Waals surface area (Å²) in [5.74, 6) is 0.485. The second kappa shape index (κ2) is 9.35. The Morgan fingerprint density at radius 2 is 1.65 bits per heavy atom. The summed E-state index contributed by atoms with van der Waals surface area (Å²) in [6.45, 7) is 2.39. The highest BCUT2D eigenvalue weighted by Crippen LogP contribution is 2.15. The molecule has 0 aromatic heterocycles. The van der Waals surface area contributed by atoms with Gasteiger partial charge in [-0.25, -0.2) is 13.1 Å². The molecule has 0 heterocycles. The average molecular weight is 376 g/mol. The lowest BCUT2D eigenvalue weighted by atomic mass is 10.1. The summed E-state index contributed by atoms with van der Waals surface area (Å²) in [5, 5.41) is 2.72. The first-order valence-electron chi connectivity index (χ1n) is 8.37. The number of methoxy groups -OCH3 is 1. The molecule has 2 aromatic carbocycles. The predicted molar refractivity (Wildman–Crippen MR) is 101 cm³/mol. The molecule has 0 bridgehead atoms. The minimum Gasteiger partial charge on any atom is -0.497 e. The zero-order chi connectivity index (χ0) is 19.0. The fourth-order valence-electron chi connectivity index (χ4n) is 2.33. The van der Waals surface area contributed by atoms with Crippen molar-refractivity contribution in [2.45, 2.75) is 24.7 Å². The summed E-state index contributed by atoms with van der Waals surface area (Å²) in [4.78, 5) is 12.0.